The number of nitrogens with one attached hydrogen (secondary N) is 2. The zero-order chi connectivity index (χ0) is 18.6. The highest BCUT2D eigenvalue weighted by molar-refractivity contribution is 6.07. The van der Waals surface area contributed by atoms with Gasteiger partial charge >= 0.3 is 6.03 Å². The van der Waals surface area contributed by atoms with Crippen molar-refractivity contribution in [3.63, 3.8) is 0 Å². The number of hydrogen-bond donors (Lipinski definition) is 3. The highest BCUT2D eigenvalue weighted by atomic mass is 19.1. The van der Waals surface area contributed by atoms with E-state index < -0.39 is 41.7 Å². The van der Waals surface area contributed by atoms with Gasteiger partial charge in [0.2, 0.25) is 0 Å². The summed E-state index contributed by atoms with van der Waals surface area (Å²) in [6.07, 6.45) is 0. The molecule has 1 aromatic rings. The number of rotatable bonds is 7. The van der Waals surface area contributed by atoms with Crippen LogP contribution in [0.4, 0.5) is 9.18 Å². The Hall–Kier alpha value is -2.52. The predicted octanol–water partition coefficient (Wildman–Crippen LogP) is 0.793. The third-order valence-electron chi connectivity index (χ3n) is 3.84. The molecule has 1 aliphatic heterocycles. The second-order valence-corrected chi connectivity index (χ2v) is 5.98. The van der Waals surface area contributed by atoms with Crippen LogP contribution >= 0.6 is 0 Å². The lowest BCUT2D eigenvalue weighted by atomic mass is 10.0. The van der Waals surface area contributed by atoms with E-state index in [1.807, 2.05) is 0 Å². The first-order valence-corrected chi connectivity index (χ1v) is 7.75. The average molecular weight is 353 g/mol. The molecule has 0 unspecified atom stereocenters. The lowest BCUT2D eigenvalue weighted by Crippen LogP contribution is -2.52. The second-order valence-electron chi connectivity index (χ2n) is 5.98. The molecule has 0 aromatic heterocycles. The van der Waals surface area contributed by atoms with E-state index in [1.165, 1.54) is 11.5 Å². The van der Waals surface area contributed by atoms with E-state index in [0.29, 0.717) is 5.56 Å². The van der Waals surface area contributed by atoms with Crippen molar-refractivity contribution in [1.82, 2.24) is 15.7 Å². The highest BCUT2D eigenvalue weighted by Gasteiger charge is 2.45. The van der Waals surface area contributed by atoms with Gasteiger partial charge in [0.1, 0.15) is 17.9 Å². The van der Waals surface area contributed by atoms with Crippen molar-refractivity contribution in [2.45, 2.75) is 32.5 Å². The fourth-order valence-electron chi connectivity index (χ4n) is 2.61. The standard InChI is InChI=1S/C16H20FN3O5/c1-9(2)13(14(21)19-24)20-15(22)12(18-16(20)23)8-25-7-10-5-3-4-6-11(10)17/h3-6,9,12-13,24H,7-8H2,1-2H3,(H,18,23)(H,19,21)/t12-,13+/m0/s1. The molecule has 1 aliphatic rings. The number of imide groups is 1. The Labute approximate surface area is 143 Å². The second kappa shape index (κ2) is 8.04. The molecule has 1 aromatic carbocycles. The summed E-state index contributed by atoms with van der Waals surface area (Å²) in [6.45, 7) is 3.06. The molecule has 0 bridgehead atoms. The van der Waals surface area contributed by atoms with Crippen LogP contribution in [-0.4, -0.2) is 46.6 Å². The largest absolute Gasteiger partial charge is 0.374 e. The maximum Gasteiger partial charge on any atom is 0.325 e. The van der Waals surface area contributed by atoms with Gasteiger partial charge in [-0.25, -0.2) is 19.6 Å². The average Bonchev–Trinajstić information content (AvgIpc) is 2.84. The van der Waals surface area contributed by atoms with Crippen LogP contribution in [-0.2, 0) is 20.9 Å². The molecule has 3 N–H and O–H groups in total. The van der Waals surface area contributed by atoms with Gasteiger partial charge in [0.05, 0.1) is 13.2 Å². The maximum atomic E-state index is 13.5. The summed E-state index contributed by atoms with van der Waals surface area (Å²) < 4.78 is 18.8. The lowest BCUT2D eigenvalue weighted by molar-refractivity contribution is -0.142. The van der Waals surface area contributed by atoms with Crippen molar-refractivity contribution < 1.29 is 28.7 Å². The van der Waals surface area contributed by atoms with E-state index in [1.54, 1.807) is 32.0 Å². The van der Waals surface area contributed by atoms with Crippen molar-refractivity contribution in [2.75, 3.05) is 6.61 Å². The minimum Gasteiger partial charge on any atom is -0.374 e. The molecule has 1 fully saturated rings. The van der Waals surface area contributed by atoms with Gasteiger partial charge in [-0.3, -0.25) is 14.8 Å². The molecule has 0 spiro atoms. The van der Waals surface area contributed by atoms with Crippen LogP contribution in [0.5, 0.6) is 0 Å². The quantitative estimate of drug-likeness (QED) is 0.382. The zero-order valence-electron chi connectivity index (χ0n) is 13.9. The van der Waals surface area contributed by atoms with Crippen LogP contribution in [0.3, 0.4) is 0 Å². The molecule has 4 amide bonds. The first-order valence-electron chi connectivity index (χ1n) is 7.75. The third-order valence-corrected chi connectivity index (χ3v) is 3.84. The van der Waals surface area contributed by atoms with E-state index >= 15 is 0 Å². The smallest absolute Gasteiger partial charge is 0.325 e. The molecule has 25 heavy (non-hydrogen) atoms. The van der Waals surface area contributed by atoms with Gasteiger partial charge in [0, 0.05) is 5.56 Å². The molecule has 0 aliphatic carbocycles. The van der Waals surface area contributed by atoms with E-state index in [-0.39, 0.29) is 13.2 Å². The monoisotopic (exact) mass is 353 g/mol. The highest BCUT2D eigenvalue weighted by Crippen LogP contribution is 2.18. The number of amides is 4. The van der Waals surface area contributed by atoms with Crippen LogP contribution in [0.1, 0.15) is 19.4 Å². The van der Waals surface area contributed by atoms with Gasteiger partial charge in [-0.05, 0) is 12.0 Å². The number of benzene rings is 1. The van der Waals surface area contributed by atoms with Crippen LogP contribution < -0.4 is 10.8 Å². The van der Waals surface area contributed by atoms with Crippen LogP contribution in [0, 0.1) is 11.7 Å². The minimum absolute atomic E-state index is 0.0585. The SMILES string of the molecule is CC(C)[C@H](C(=O)NO)N1C(=O)N[C@@H](COCc2ccccc2F)C1=O. The number of hydroxylamine groups is 1. The van der Waals surface area contributed by atoms with Gasteiger partial charge in [-0.2, -0.15) is 0 Å². The molecular formula is C16H20FN3O5. The minimum atomic E-state index is -1.14. The summed E-state index contributed by atoms with van der Waals surface area (Å²) in [5, 5.41) is 11.2. The predicted molar refractivity (Wildman–Crippen MR) is 83.8 cm³/mol. The summed E-state index contributed by atoms with van der Waals surface area (Å²) in [7, 11) is 0. The van der Waals surface area contributed by atoms with Crippen molar-refractivity contribution in [2.24, 2.45) is 5.92 Å². The van der Waals surface area contributed by atoms with Gasteiger partial charge < -0.3 is 10.1 Å². The summed E-state index contributed by atoms with van der Waals surface area (Å²) in [5.74, 6) is -2.32. The molecule has 9 heteroatoms. The molecule has 2 rings (SSSR count). The van der Waals surface area contributed by atoms with Gasteiger partial charge in [-0.1, -0.05) is 32.0 Å². The normalized spacial score (nSPS) is 18.4. The molecule has 1 saturated heterocycles. The van der Waals surface area contributed by atoms with Crippen LogP contribution in [0.25, 0.3) is 0 Å². The van der Waals surface area contributed by atoms with Crippen molar-refractivity contribution >= 4 is 17.8 Å². The Balaban J connectivity index is 2.00. The Morgan fingerprint density at radius 1 is 1.40 bits per heavy atom. The Bertz CT molecular complexity index is 667. The van der Waals surface area contributed by atoms with Crippen LogP contribution in [0.15, 0.2) is 24.3 Å². The topological polar surface area (TPSA) is 108 Å². The van der Waals surface area contributed by atoms with E-state index in [9.17, 15) is 18.8 Å². The van der Waals surface area contributed by atoms with E-state index in [0.717, 1.165) is 4.90 Å². The van der Waals surface area contributed by atoms with Crippen molar-refractivity contribution in [3.05, 3.63) is 35.6 Å². The van der Waals surface area contributed by atoms with Gasteiger partial charge in [-0.15, -0.1) is 0 Å². The number of urea groups is 1. The molecule has 1 heterocycles. The van der Waals surface area contributed by atoms with Gasteiger partial charge in [0.15, 0.2) is 0 Å². The summed E-state index contributed by atoms with van der Waals surface area (Å²) in [4.78, 5) is 37.0. The number of hydrogen-bond acceptors (Lipinski definition) is 5. The molecule has 0 radical (unpaired) electrons. The van der Waals surface area contributed by atoms with Crippen LogP contribution in [0.2, 0.25) is 0 Å². The van der Waals surface area contributed by atoms with E-state index in [4.69, 9.17) is 9.94 Å². The summed E-state index contributed by atoms with van der Waals surface area (Å²) in [6, 6.07) is 3.19. The van der Waals surface area contributed by atoms with Crippen molar-refractivity contribution in [1.29, 1.82) is 0 Å². The molecule has 2 atom stereocenters. The number of carbonyl (C=O) groups is 3. The number of ether oxygens (including phenoxy) is 1. The molecule has 0 saturated carbocycles. The number of nitrogens with zero attached hydrogens (tertiary/aromatic N) is 1. The zero-order valence-corrected chi connectivity index (χ0v) is 13.9. The van der Waals surface area contributed by atoms with Gasteiger partial charge in [0.25, 0.3) is 11.8 Å². The third kappa shape index (κ3) is 4.12. The summed E-state index contributed by atoms with van der Waals surface area (Å²) in [5.41, 5.74) is 1.79. The van der Waals surface area contributed by atoms with E-state index in [2.05, 4.69) is 5.32 Å². The number of carbonyl (C=O) groups excluding carboxylic acids is 3. The fourth-order valence-corrected chi connectivity index (χ4v) is 2.61. The Kier molecular flexibility index (Phi) is 6.05. The number of halogens is 1. The van der Waals surface area contributed by atoms with Crippen molar-refractivity contribution in [3.8, 4) is 0 Å². The Morgan fingerprint density at radius 3 is 2.68 bits per heavy atom. The first kappa shape index (κ1) is 18.8. The molecular weight excluding hydrogens is 333 g/mol. The lowest BCUT2D eigenvalue weighted by Gasteiger charge is -2.26. The first-order chi connectivity index (χ1) is 11.9. The Morgan fingerprint density at radius 2 is 2.08 bits per heavy atom. The summed E-state index contributed by atoms with van der Waals surface area (Å²) >= 11 is 0. The molecule has 8 nitrogen and oxygen atoms in total. The fraction of sp³-hybridized carbons (Fsp3) is 0.438. The maximum absolute atomic E-state index is 13.5. The molecule has 136 valence electrons.